The second kappa shape index (κ2) is 11.0. The highest BCUT2D eigenvalue weighted by Gasteiger charge is 2.21. The molecule has 3 rings (SSSR count). The molecule has 0 atom stereocenters. The molecule has 1 saturated heterocycles. The number of hydrogen-bond acceptors (Lipinski definition) is 5. The number of aliphatic imine (C=N–C) groups is 1. The topological polar surface area (TPSA) is 123 Å². The van der Waals surface area contributed by atoms with Crippen molar-refractivity contribution in [3.05, 3.63) is 59.7 Å². The molecule has 32 heavy (non-hydrogen) atoms. The van der Waals surface area contributed by atoms with E-state index >= 15 is 0 Å². The van der Waals surface area contributed by atoms with Gasteiger partial charge in [-0.3, -0.25) is 9.59 Å². The molecule has 170 valence electrons. The van der Waals surface area contributed by atoms with Crippen molar-refractivity contribution in [2.24, 2.45) is 10.7 Å². The number of para-hydroxylation sites is 2. The molecule has 1 aliphatic rings. The highest BCUT2D eigenvalue weighted by atomic mass is 16.3. The van der Waals surface area contributed by atoms with Crippen molar-refractivity contribution in [1.82, 2.24) is 15.5 Å². The zero-order chi connectivity index (χ0) is 22.9. The van der Waals surface area contributed by atoms with Crippen LogP contribution in [0.3, 0.4) is 0 Å². The van der Waals surface area contributed by atoms with Crippen LogP contribution in [0.5, 0.6) is 5.75 Å². The van der Waals surface area contributed by atoms with E-state index in [-0.39, 0.29) is 12.5 Å². The average Bonchev–Trinajstić information content (AvgIpc) is 2.81. The normalized spacial score (nSPS) is 14.2. The number of hydrogen-bond donors (Lipinski definition) is 4. The number of anilines is 1. The largest absolute Gasteiger partial charge is 0.506 e. The third kappa shape index (κ3) is 6.13. The number of nitrogens with zero attached hydrogens (tertiary/aromatic N) is 3. The Morgan fingerprint density at radius 2 is 1.72 bits per heavy atom. The SMILES string of the molecule is CCNC(=NCc1ccc(C(=O)NCC(N)=O)cc1)N1CCN(c2ccccc2O)CC1. The first-order chi connectivity index (χ1) is 15.5. The van der Waals surface area contributed by atoms with Gasteiger partial charge in [0.25, 0.3) is 5.91 Å². The summed E-state index contributed by atoms with van der Waals surface area (Å²) in [5, 5.41) is 15.9. The Kier molecular flexibility index (Phi) is 7.91. The maximum Gasteiger partial charge on any atom is 0.251 e. The van der Waals surface area contributed by atoms with Gasteiger partial charge in [0.1, 0.15) is 5.75 Å². The maximum absolute atomic E-state index is 12.0. The molecule has 0 aromatic heterocycles. The molecule has 0 saturated carbocycles. The number of piperazine rings is 1. The first-order valence-electron chi connectivity index (χ1n) is 10.7. The van der Waals surface area contributed by atoms with Crippen LogP contribution < -0.4 is 21.3 Å². The minimum absolute atomic E-state index is 0.186. The van der Waals surface area contributed by atoms with Gasteiger partial charge in [0, 0.05) is 38.3 Å². The predicted octanol–water partition coefficient (Wildman–Crippen LogP) is 0.895. The van der Waals surface area contributed by atoms with Gasteiger partial charge in [-0.15, -0.1) is 0 Å². The predicted molar refractivity (Wildman–Crippen MR) is 125 cm³/mol. The molecule has 2 amide bonds. The van der Waals surface area contributed by atoms with Crippen LogP contribution >= 0.6 is 0 Å². The number of nitrogens with one attached hydrogen (secondary N) is 2. The van der Waals surface area contributed by atoms with E-state index in [1.54, 1.807) is 18.2 Å². The number of guanidine groups is 1. The molecule has 1 heterocycles. The van der Waals surface area contributed by atoms with Gasteiger partial charge in [-0.25, -0.2) is 4.99 Å². The van der Waals surface area contributed by atoms with Gasteiger partial charge in [-0.05, 0) is 36.8 Å². The molecular formula is C23H30N6O3. The summed E-state index contributed by atoms with van der Waals surface area (Å²) in [4.78, 5) is 31.9. The minimum Gasteiger partial charge on any atom is -0.506 e. The summed E-state index contributed by atoms with van der Waals surface area (Å²) < 4.78 is 0. The second-order valence-electron chi connectivity index (χ2n) is 7.48. The summed E-state index contributed by atoms with van der Waals surface area (Å²) in [5.41, 5.74) is 7.34. The quantitative estimate of drug-likeness (QED) is 0.376. The summed E-state index contributed by atoms with van der Waals surface area (Å²) in [6.45, 7) is 6.25. The van der Waals surface area contributed by atoms with Crippen LogP contribution in [-0.4, -0.2) is 67.0 Å². The summed E-state index contributed by atoms with van der Waals surface area (Å²) >= 11 is 0. The van der Waals surface area contributed by atoms with Crippen molar-refractivity contribution >= 4 is 23.5 Å². The molecule has 1 fully saturated rings. The van der Waals surface area contributed by atoms with Crippen molar-refractivity contribution in [1.29, 1.82) is 0 Å². The van der Waals surface area contributed by atoms with E-state index in [0.29, 0.717) is 17.9 Å². The van der Waals surface area contributed by atoms with Gasteiger partial charge in [0.05, 0.1) is 18.8 Å². The van der Waals surface area contributed by atoms with Crippen LogP contribution in [0, 0.1) is 0 Å². The lowest BCUT2D eigenvalue weighted by Gasteiger charge is -2.37. The first kappa shape index (κ1) is 22.9. The van der Waals surface area contributed by atoms with Crippen LogP contribution in [0.15, 0.2) is 53.5 Å². The highest BCUT2D eigenvalue weighted by Crippen LogP contribution is 2.27. The van der Waals surface area contributed by atoms with Crippen molar-refractivity contribution in [2.75, 3.05) is 44.2 Å². The number of phenols is 1. The lowest BCUT2D eigenvalue weighted by atomic mass is 10.1. The van der Waals surface area contributed by atoms with Gasteiger partial charge in [0.2, 0.25) is 5.91 Å². The standard InChI is InChI=1S/C23H30N6O3/c1-2-25-23(29-13-11-28(12-14-29)19-5-3-4-6-20(19)30)27-15-17-7-9-18(10-8-17)22(32)26-16-21(24)31/h3-10,30H,2,11-16H2,1H3,(H2,24,31)(H,25,27)(H,26,32). The van der Waals surface area contributed by atoms with Gasteiger partial charge < -0.3 is 31.3 Å². The molecule has 2 aromatic rings. The lowest BCUT2D eigenvalue weighted by Crippen LogP contribution is -2.52. The van der Waals surface area contributed by atoms with Crippen LogP contribution in [-0.2, 0) is 11.3 Å². The van der Waals surface area contributed by atoms with E-state index in [9.17, 15) is 14.7 Å². The molecule has 0 radical (unpaired) electrons. The Hall–Kier alpha value is -3.75. The zero-order valence-electron chi connectivity index (χ0n) is 18.3. The zero-order valence-corrected chi connectivity index (χ0v) is 18.3. The third-order valence-corrected chi connectivity index (χ3v) is 5.19. The molecule has 0 spiro atoms. The fourth-order valence-electron chi connectivity index (χ4n) is 3.51. The van der Waals surface area contributed by atoms with Gasteiger partial charge in [-0.1, -0.05) is 24.3 Å². The third-order valence-electron chi connectivity index (χ3n) is 5.19. The molecule has 2 aromatic carbocycles. The van der Waals surface area contributed by atoms with E-state index in [1.807, 2.05) is 37.3 Å². The fraction of sp³-hybridized carbons (Fsp3) is 0.348. The molecule has 1 aliphatic heterocycles. The molecule has 0 unspecified atom stereocenters. The van der Waals surface area contributed by atoms with Crippen molar-refractivity contribution in [3.8, 4) is 5.75 Å². The van der Waals surface area contributed by atoms with Crippen LogP contribution in [0.2, 0.25) is 0 Å². The van der Waals surface area contributed by atoms with Crippen LogP contribution in [0.25, 0.3) is 0 Å². The Balaban J connectivity index is 1.59. The Bertz CT molecular complexity index is 952. The van der Waals surface area contributed by atoms with Gasteiger partial charge >= 0.3 is 0 Å². The number of carbonyl (C=O) groups excluding carboxylic acids is 2. The van der Waals surface area contributed by atoms with Crippen LogP contribution in [0.4, 0.5) is 5.69 Å². The molecule has 5 N–H and O–H groups in total. The number of phenolic OH excluding ortho intramolecular Hbond substituents is 1. The summed E-state index contributed by atoms with van der Waals surface area (Å²) in [7, 11) is 0. The van der Waals surface area contributed by atoms with Crippen molar-refractivity contribution in [2.45, 2.75) is 13.5 Å². The number of nitrogens with two attached hydrogens (primary N) is 1. The summed E-state index contributed by atoms with van der Waals surface area (Å²) in [5.74, 6) is 0.220. The molecular weight excluding hydrogens is 408 g/mol. The van der Waals surface area contributed by atoms with E-state index in [0.717, 1.165) is 49.9 Å². The summed E-state index contributed by atoms with van der Waals surface area (Å²) in [6.07, 6.45) is 0. The first-order valence-corrected chi connectivity index (χ1v) is 10.7. The number of benzene rings is 2. The second-order valence-corrected chi connectivity index (χ2v) is 7.48. The highest BCUT2D eigenvalue weighted by molar-refractivity contribution is 5.96. The monoisotopic (exact) mass is 438 g/mol. The van der Waals surface area contributed by atoms with E-state index in [2.05, 4.69) is 20.4 Å². The molecule has 0 aliphatic carbocycles. The van der Waals surface area contributed by atoms with E-state index in [1.165, 1.54) is 0 Å². The van der Waals surface area contributed by atoms with E-state index < -0.39 is 5.91 Å². The van der Waals surface area contributed by atoms with Gasteiger partial charge in [-0.2, -0.15) is 0 Å². The smallest absolute Gasteiger partial charge is 0.251 e. The Morgan fingerprint density at radius 1 is 1.03 bits per heavy atom. The minimum atomic E-state index is -0.582. The molecule has 9 heteroatoms. The van der Waals surface area contributed by atoms with E-state index in [4.69, 9.17) is 10.7 Å². The molecule has 0 bridgehead atoms. The van der Waals surface area contributed by atoms with Crippen molar-refractivity contribution in [3.63, 3.8) is 0 Å². The number of primary amides is 1. The number of carbonyl (C=O) groups is 2. The summed E-state index contributed by atoms with van der Waals surface area (Å²) in [6, 6.07) is 14.5. The number of amides is 2. The van der Waals surface area contributed by atoms with Gasteiger partial charge in [0.15, 0.2) is 5.96 Å². The van der Waals surface area contributed by atoms with Crippen LogP contribution in [0.1, 0.15) is 22.8 Å². The Morgan fingerprint density at radius 3 is 2.34 bits per heavy atom. The number of aromatic hydroxyl groups is 1. The average molecular weight is 439 g/mol. The van der Waals surface area contributed by atoms with Crippen molar-refractivity contribution < 1.29 is 14.7 Å². The fourth-order valence-corrected chi connectivity index (χ4v) is 3.51. The Labute approximate surface area is 187 Å². The molecule has 9 nitrogen and oxygen atoms in total. The maximum atomic E-state index is 12.0. The number of rotatable bonds is 7. The lowest BCUT2D eigenvalue weighted by molar-refractivity contribution is -0.117.